The summed E-state index contributed by atoms with van der Waals surface area (Å²) in [5.74, 6) is 1.68. The maximum atomic E-state index is 6.49. The van der Waals surface area contributed by atoms with Crippen LogP contribution in [-0.2, 0) is 5.54 Å². The molecule has 5 heteroatoms. The summed E-state index contributed by atoms with van der Waals surface area (Å²) in [5, 5.41) is 4.11. The van der Waals surface area contributed by atoms with Gasteiger partial charge in [-0.1, -0.05) is 31.0 Å². The minimum atomic E-state index is -0.456. The van der Waals surface area contributed by atoms with Gasteiger partial charge in [0.1, 0.15) is 5.69 Å². The highest BCUT2D eigenvalue weighted by molar-refractivity contribution is 5.51. The van der Waals surface area contributed by atoms with Gasteiger partial charge in [-0.2, -0.15) is 4.98 Å². The Morgan fingerprint density at radius 1 is 1.45 bits per heavy atom. The zero-order valence-electron chi connectivity index (χ0n) is 12.0. The first-order chi connectivity index (χ1) is 9.58. The summed E-state index contributed by atoms with van der Waals surface area (Å²) >= 11 is 0. The molecule has 1 saturated carbocycles. The molecule has 2 aromatic heterocycles. The van der Waals surface area contributed by atoms with Crippen molar-refractivity contribution in [3.63, 3.8) is 0 Å². The smallest absolute Gasteiger partial charge is 0.276 e. The quantitative estimate of drug-likeness (QED) is 0.909. The maximum Gasteiger partial charge on any atom is 0.276 e. The molecule has 0 saturated heterocycles. The van der Waals surface area contributed by atoms with E-state index in [4.69, 9.17) is 10.3 Å². The molecule has 0 amide bonds. The Labute approximate surface area is 118 Å². The number of hydrogen-bond donors (Lipinski definition) is 1. The molecule has 2 aromatic rings. The highest BCUT2D eigenvalue weighted by Crippen LogP contribution is 2.37. The van der Waals surface area contributed by atoms with E-state index in [1.54, 1.807) is 6.20 Å². The van der Waals surface area contributed by atoms with E-state index in [0.29, 0.717) is 17.6 Å². The maximum absolute atomic E-state index is 6.49. The fourth-order valence-electron chi connectivity index (χ4n) is 3.03. The van der Waals surface area contributed by atoms with Crippen LogP contribution in [0.25, 0.3) is 11.6 Å². The average molecular weight is 272 g/mol. The Morgan fingerprint density at radius 3 is 3.05 bits per heavy atom. The molecule has 1 aliphatic carbocycles. The molecule has 0 aliphatic heterocycles. The lowest BCUT2D eigenvalue weighted by Crippen LogP contribution is -2.42. The van der Waals surface area contributed by atoms with Crippen LogP contribution in [0.15, 0.2) is 22.9 Å². The third-order valence-electron chi connectivity index (χ3n) is 4.12. The van der Waals surface area contributed by atoms with Crippen LogP contribution >= 0.6 is 0 Å². The van der Waals surface area contributed by atoms with Crippen molar-refractivity contribution in [3.8, 4) is 11.6 Å². The summed E-state index contributed by atoms with van der Waals surface area (Å²) in [6, 6.07) is 3.87. The zero-order chi connectivity index (χ0) is 14.2. The Morgan fingerprint density at radius 2 is 2.30 bits per heavy atom. The second-order valence-electron chi connectivity index (χ2n) is 5.95. The summed E-state index contributed by atoms with van der Waals surface area (Å²) in [6.45, 7) is 4.21. The SMILES string of the molecule is Cc1cccnc1-c1nc(C2(N)CCCC(C)C2)no1. The van der Waals surface area contributed by atoms with Crippen LogP contribution in [0.4, 0.5) is 0 Å². The summed E-state index contributed by atoms with van der Waals surface area (Å²) in [5.41, 5.74) is 7.79. The lowest BCUT2D eigenvalue weighted by atomic mass is 9.76. The molecule has 2 atom stereocenters. The van der Waals surface area contributed by atoms with Crippen molar-refractivity contribution in [2.75, 3.05) is 0 Å². The molecule has 0 aromatic carbocycles. The van der Waals surface area contributed by atoms with Crippen LogP contribution in [0.3, 0.4) is 0 Å². The topological polar surface area (TPSA) is 77.8 Å². The van der Waals surface area contributed by atoms with E-state index in [0.717, 1.165) is 30.5 Å². The molecule has 2 heterocycles. The van der Waals surface area contributed by atoms with Crippen LogP contribution in [-0.4, -0.2) is 15.1 Å². The predicted molar refractivity (Wildman–Crippen MR) is 75.8 cm³/mol. The van der Waals surface area contributed by atoms with Crippen molar-refractivity contribution in [1.82, 2.24) is 15.1 Å². The molecule has 2 N–H and O–H groups in total. The Bertz CT molecular complexity index is 609. The molecule has 0 radical (unpaired) electrons. The van der Waals surface area contributed by atoms with Crippen LogP contribution in [0.2, 0.25) is 0 Å². The van der Waals surface area contributed by atoms with Gasteiger partial charge in [-0.25, -0.2) is 0 Å². The molecule has 1 fully saturated rings. The van der Waals surface area contributed by atoms with Gasteiger partial charge in [0.15, 0.2) is 5.82 Å². The van der Waals surface area contributed by atoms with Crippen molar-refractivity contribution >= 4 is 0 Å². The first kappa shape index (κ1) is 13.2. The highest BCUT2D eigenvalue weighted by Gasteiger charge is 2.37. The molecule has 0 spiro atoms. The third-order valence-corrected chi connectivity index (χ3v) is 4.12. The first-order valence-corrected chi connectivity index (χ1v) is 7.13. The van der Waals surface area contributed by atoms with E-state index >= 15 is 0 Å². The van der Waals surface area contributed by atoms with Crippen molar-refractivity contribution in [3.05, 3.63) is 29.7 Å². The van der Waals surface area contributed by atoms with Gasteiger partial charge in [-0.05, 0) is 37.3 Å². The zero-order valence-corrected chi connectivity index (χ0v) is 12.0. The van der Waals surface area contributed by atoms with Gasteiger partial charge < -0.3 is 10.3 Å². The molecule has 5 nitrogen and oxygen atoms in total. The summed E-state index contributed by atoms with van der Waals surface area (Å²) < 4.78 is 5.38. The van der Waals surface area contributed by atoms with E-state index in [-0.39, 0.29) is 0 Å². The van der Waals surface area contributed by atoms with Crippen molar-refractivity contribution in [2.45, 2.75) is 45.1 Å². The number of aryl methyl sites for hydroxylation is 1. The average Bonchev–Trinajstić information content (AvgIpc) is 2.89. The normalized spacial score (nSPS) is 26.6. The van der Waals surface area contributed by atoms with Crippen LogP contribution in [0, 0.1) is 12.8 Å². The lowest BCUT2D eigenvalue weighted by molar-refractivity contribution is 0.222. The van der Waals surface area contributed by atoms with E-state index < -0.39 is 5.54 Å². The van der Waals surface area contributed by atoms with Gasteiger partial charge in [0.25, 0.3) is 5.89 Å². The minimum Gasteiger partial charge on any atom is -0.332 e. The van der Waals surface area contributed by atoms with Gasteiger partial charge in [0.05, 0.1) is 5.54 Å². The molecule has 2 unspecified atom stereocenters. The first-order valence-electron chi connectivity index (χ1n) is 7.13. The molecule has 3 rings (SSSR count). The van der Waals surface area contributed by atoms with Gasteiger partial charge in [0.2, 0.25) is 0 Å². The number of rotatable bonds is 2. The molecule has 20 heavy (non-hydrogen) atoms. The van der Waals surface area contributed by atoms with E-state index in [9.17, 15) is 0 Å². The van der Waals surface area contributed by atoms with Gasteiger partial charge >= 0.3 is 0 Å². The van der Waals surface area contributed by atoms with Gasteiger partial charge in [-0.15, -0.1) is 0 Å². The third kappa shape index (κ3) is 2.33. The van der Waals surface area contributed by atoms with Crippen molar-refractivity contribution in [1.29, 1.82) is 0 Å². The van der Waals surface area contributed by atoms with Crippen LogP contribution in [0.5, 0.6) is 0 Å². The van der Waals surface area contributed by atoms with Crippen molar-refractivity contribution in [2.24, 2.45) is 11.7 Å². The van der Waals surface area contributed by atoms with Crippen LogP contribution < -0.4 is 5.73 Å². The number of nitrogens with two attached hydrogens (primary N) is 1. The Balaban J connectivity index is 1.92. The monoisotopic (exact) mass is 272 g/mol. The van der Waals surface area contributed by atoms with Gasteiger partial charge in [0, 0.05) is 6.20 Å². The summed E-state index contributed by atoms with van der Waals surface area (Å²) in [7, 11) is 0. The minimum absolute atomic E-state index is 0.456. The fourth-order valence-corrected chi connectivity index (χ4v) is 3.03. The molecule has 1 aliphatic rings. The second-order valence-corrected chi connectivity index (χ2v) is 5.95. The standard InChI is InChI=1S/C15H20N4O/c1-10-5-3-7-15(16,9-10)14-18-13(20-19-14)12-11(2)6-4-8-17-12/h4,6,8,10H,3,5,7,9,16H2,1-2H3. The number of hydrogen-bond acceptors (Lipinski definition) is 5. The lowest BCUT2D eigenvalue weighted by Gasteiger charge is -2.33. The van der Waals surface area contributed by atoms with Gasteiger partial charge in [-0.3, -0.25) is 4.98 Å². The summed E-state index contributed by atoms with van der Waals surface area (Å²) in [4.78, 5) is 8.81. The Kier molecular flexibility index (Phi) is 3.30. The van der Waals surface area contributed by atoms with E-state index in [1.165, 1.54) is 6.42 Å². The highest BCUT2D eigenvalue weighted by atomic mass is 16.5. The fraction of sp³-hybridized carbons (Fsp3) is 0.533. The van der Waals surface area contributed by atoms with Crippen LogP contribution in [0.1, 0.15) is 44.0 Å². The Hall–Kier alpha value is -1.75. The second kappa shape index (κ2) is 4.98. The largest absolute Gasteiger partial charge is 0.332 e. The molecule has 106 valence electrons. The number of nitrogens with zero attached hydrogens (tertiary/aromatic N) is 3. The number of pyridine rings is 1. The summed E-state index contributed by atoms with van der Waals surface area (Å²) in [6.07, 6.45) is 5.89. The molecule has 0 bridgehead atoms. The van der Waals surface area contributed by atoms with E-state index in [2.05, 4.69) is 22.0 Å². The molecular formula is C15H20N4O. The van der Waals surface area contributed by atoms with E-state index in [1.807, 2.05) is 19.1 Å². The number of aromatic nitrogens is 3. The molecular weight excluding hydrogens is 252 g/mol. The predicted octanol–water partition coefficient (Wildman–Crippen LogP) is 2.80. The van der Waals surface area contributed by atoms with Crippen molar-refractivity contribution < 1.29 is 4.52 Å².